The van der Waals surface area contributed by atoms with Gasteiger partial charge in [0, 0.05) is 6.07 Å². The van der Waals surface area contributed by atoms with E-state index in [4.69, 9.17) is 4.74 Å². The van der Waals surface area contributed by atoms with Crippen molar-refractivity contribution in [2.24, 2.45) is 0 Å². The normalized spacial score (nSPS) is 10.9. The number of unbranched alkanes of at least 4 members (excludes halogenated alkanes) is 1. The SMILES string of the molecule is CCCCOc1ccccc1-c1nc(C(C)C)cc(=O)[nH]1. The number of benzene rings is 1. The van der Waals surface area contributed by atoms with Crippen LogP contribution in [0.1, 0.15) is 45.2 Å². The first kappa shape index (κ1) is 15.3. The molecule has 1 heterocycles. The van der Waals surface area contributed by atoms with Crippen LogP contribution in [-0.2, 0) is 0 Å². The number of nitrogens with one attached hydrogen (secondary N) is 1. The second-order valence-electron chi connectivity index (χ2n) is 5.37. The number of aromatic amines is 1. The number of rotatable bonds is 6. The minimum absolute atomic E-state index is 0.132. The number of hydrogen-bond donors (Lipinski definition) is 1. The first-order valence-electron chi connectivity index (χ1n) is 7.45. The Morgan fingerprint density at radius 3 is 2.76 bits per heavy atom. The number of H-pyrrole nitrogens is 1. The van der Waals surface area contributed by atoms with Crippen molar-refractivity contribution in [3.05, 3.63) is 46.4 Å². The molecule has 0 amide bonds. The third-order valence-electron chi connectivity index (χ3n) is 3.25. The van der Waals surface area contributed by atoms with Crippen LogP contribution in [0, 0.1) is 0 Å². The van der Waals surface area contributed by atoms with Gasteiger partial charge in [-0.15, -0.1) is 0 Å². The zero-order valence-electron chi connectivity index (χ0n) is 12.8. The van der Waals surface area contributed by atoms with E-state index in [1.165, 1.54) is 0 Å². The van der Waals surface area contributed by atoms with Crippen LogP contribution in [0.5, 0.6) is 5.75 Å². The Balaban J connectivity index is 2.39. The molecular weight excluding hydrogens is 264 g/mol. The number of aromatic nitrogens is 2. The van der Waals surface area contributed by atoms with Crippen LogP contribution in [-0.4, -0.2) is 16.6 Å². The van der Waals surface area contributed by atoms with Crippen molar-refractivity contribution in [3.8, 4) is 17.1 Å². The van der Waals surface area contributed by atoms with Crippen LogP contribution < -0.4 is 10.3 Å². The minimum atomic E-state index is -0.132. The standard InChI is InChI=1S/C17H22N2O2/c1-4-5-10-21-15-9-7-6-8-13(15)17-18-14(12(2)3)11-16(20)19-17/h6-9,11-12H,4-5,10H2,1-3H3,(H,18,19,20). The van der Waals surface area contributed by atoms with Gasteiger partial charge in [0.25, 0.3) is 5.56 Å². The van der Waals surface area contributed by atoms with Crippen molar-refractivity contribution in [1.29, 1.82) is 0 Å². The Labute approximate surface area is 125 Å². The number of nitrogens with zero attached hydrogens (tertiary/aromatic N) is 1. The molecule has 0 radical (unpaired) electrons. The van der Waals surface area contributed by atoms with Crippen molar-refractivity contribution < 1.29 is 4.74 Å². The molecule has 0 aliphatic heterocycles. The lowest BCUT2D eigenvalue weighted by Gasteiger charge is -2.12. The van der Waals surface area contributed by atoms with E-state index in [1.807, 2.05) is 38.1 Å². The smallest absolute Gasteiger partial charge is 0.251 e. The summed E-state index contributed by atoms with van der Waals surface area (Å²) in [6, 6.07) is 9.23. The van der Waals surface area contributed by atoms with Gasteiger partial charge in [-0.25, -0.2) is 4.98 Å². The summed E-state index contributed by atoms with van der Waals surface area (Å²) in [5.74, 6) is 1.53. The second kappa shape index (κ2) is 7.07. The van der Waals surface area contributed by atoms with Crippen molar-refractivity contribution in [2.75, 3.05) is 6.61 Å². The molecule has 2 rings (SSSR count). The van der Waals surface area contributed by atoms with Crippen LogP contribution in [0.2, 0.25) is 0 Å². The summed E-state index contributed by atoms with van der Waals surface area (Å²) < 4.78 is 5.81. The highest BCUT2D eigenvalue weighted by Crippen LogP contribution is 2.27. The molecule has 112 valence electrons. The van der Waals surface area contributed by atoms with Gasteiger partial charge in [0.1, 0.15) is 11.6 Å². The predicted octanol–water partition coefficient (Wildman–Crippen LogP) is 3.74. The summed E-state index contributed by atoms with van der Waals surface area (Å²) in [6.45, 7) is 6.84. The molecule has 0 aliphatic rings. The van der Waals surface area contributed by atoms with Gasteiger partial charge in [0.2, 0.25) is 0 Å². The Kier molecular flexibility index (Phi) is 5.14. The molecule has 1 aromatic carbocycles. The summed E-state index contributed by atoms with van der Waals surface area (Å²) in [5, 5.41) is 0. The second-order valence-corrected chi connectivity index (χ2v) is 5.37. The Morgan fingerprint density at radius 1 is 1.29 bits per heavy atom. The van der Waals surface area contributed by atoms with E-state index in [0.29, 0.717) is 12.4 Å². The van der Waals surface area contributed by atoms with Gasteiger partial charge in [-0.1, -0.05) is 39.3 Å². The molecule has 0 saturated carbocycles. The fourth-order valence-electron chi connectivity index (χ4n) is 2.01. The Hall–Kier alpha value is -2.10. The highest BCUT2D eigenvalue weighted by Gasteiger charge is 2.11. The highest BCUT2D eigenvalue weighted by atomic mass is 16.5. The fraction of sp³-hybridized carbons (Fsp3) is 0.412. The third kappa shape index (κ3) is 3.94. The highest BCUT2D eigenvalue weighted by molar-refractivity contribution is 5.63. The molecule has 2 aromatic rings. The minimum Gasteiger partial charge on any atom is -0.493 e. The monoisotopic (exact) mass is 286 g/mol. The average Bonchev–Trinajstić information content (AvgIpc) is 2.47. The van der Waals surface area contributed by atoms with Gasteiger partial charge in [0.05, 0.1) is 17.9 Å². The molecule has 21 heavy (non-hydrogen) atoms. The lowest BCUT2D eigenvalue weighted by atomic mass is 10.1. The zero-order chi connectivity index (χ0) is 15.2. The van der Waals surface area contributed by atoms with E-state index in [2.05, 4.69) is 16.9 Å². The van der Waals surface area contributed by atoms with E-state index in [1.54, 1.807) is 6.07 Å². The first-order chi connectivity index (χ1) is 10.1. The van der Waals surface area contributed by atoms with Crippen LogP contribution in [0.4, 0.5) is 0 Å². The van der Waals surface area contributed by atoms with Crippen LogP contribution >= 0.6 is 0 Å². The van der Waals surface area contributed by atoms with Gasteiger partial charge in [-0.3, -0.25) is 4.79 Å². The molecule has 1 N–H and O–H groups in total. The maximum Gasteiger partial charge on any atom is 0.251 e. The molecule has 0 spiro atoms. The number of hydrogen-bond acceptors (Lipinski definition) is 3. The average molecular weight is 286 g/mol. The predicted molar refractivity (Wildman–Crippen MR) is 84.8 cm³/mol. The van der Waals surface area contributed by atoms with E-state index >= 15 is 0 Å². The van der Waals surface area contributed by atoms with E-state index in [0.717, 1.165) is 29.8 Å². The maximum atomic E-state index is 11.8. The number of ether oxygens (including phenoxy) is 1. The molecule has 1 aromatic heterocycles. The fourth-order valence-corrected chi connectivity index (χ4v) is 2.01. The van der Waals surface area contributed by atoms with E-state index in [9.17, 15) is 4.79 Å². The summed E-state index contributed by atoms with van der Waals surface area (Å²) >= 11 is 0. The van der Waals surface area contributed by atoms with Crippen LogP contribution in [0.25, 0.3) is 11.4 Å². The molecular formula is C17H22N2O2. The van der Waals surface area contributed by atoms with E-state index < -0.39 is 0 Å². The van der Waals surface area contributed by atoms with Crippen molar-refractivity contribution >= 4 is 0 Å². The van der Waals surface area contributed by atoms with Crippen LogP contribution in [0.3, 0.4) is 0 Å². The van der Waals surface area contributed by atoms with Gasteiger partial charge in [0.15, 0.2) is 0 Å². The molecule has 0 bridgehead atoms. The molecule has 0 unspecified atom stereocenters. The topological polar surface area (TPSA) is 55.0 Å². The van der Waals surface area contributed by atoms with Gasteiger partial charge in [-0.05, 0) is 24.5 Å². The number of para-hydroxylation sites is 1. The molecule has 4 heteroatoms. The Bertz CT molecular complexity index is 647. The summed E-state index contributed by atoms with van der Waals surface area (Å²) in [6.07, 6.45) is 2.09. The third-order valence-corrected chi connectivity index (χ3v) is 3.25. The van der Waals surface area contributed by atoms with Crippen molar-refractivity contribution in [2.45, 2.75) is 39.5 Å². The molecule has 4 nitrogen and oxygen atoms in total. The summed E-state index contributed by atoms with van der Waals surface area (Å²) in [4.78, 5) is 19.2. The first-order valence-corrected chi connectivity index (χ1v) is 7.45. The lowest BCUT2D eigenvalue weighted by Crippen LogP contribution is -2.11. The lowest BCUT2D eigenvalue weighted by molar-refractivity contribution is 0.310. The summed E-state index contributed by atoms with van der Waals surface area (Å²) in [5.41, 5.74) is 1.48. The zero-order valence-corrected chi connectivity index (χ0v) is 12.8. The largest absolute Gasteiger partial charge is 0.493 e. The quantitative estimate of drug-likeness (QED) is 0.823. The molecule has 0 atom stereocenters. The van der Waals surface area contributed by atoms with Crippen LogP contribution in [0.15, 0.2) is 35.1 Å². The van der Waals surface area contributed by atoms with Gasteiger partial charge in [-0.2, -0.15) is 0 Å². The molecule has 0 saturated heterocycles. The summed E-state index contributed by atoms with van der Waals surface area (Å²) in [7, 11) is 0. The van der Waals surface area contributed by atoms with Crippen molar-refractivity contribution in [1.82, 2.24) is 9.97 Å². The Morgan fingerprint density at radius 2 is 2.05 bits per heavy atom. The van der Waals surface area contributed by atoms with Gasteiger partial charge >= 0.3 is 0 Å². The molecule has 0 fully saturated rings. The molecule has 0 aliphatic carbocycles. The maximum absolute atomic E-state index is 11.8. The van der Waals surface area contributed by atoms with Gasteiger partial charge < -0.3 is 9.72 Å². The van der Waals surface area contributed by atoms with Crippen molar-refractivity contribution in [3.63, 3.8) is 0 Å². The van der Waals surface area contributed by atoms with E-state index in [-0.39, 0.29) is 11.5 Å².